The van der Waals surface area contributed by atoms with Crippen LogP contribution in [-0.2, 0) is 19.9 Å². The molecule has 3 N–H and O–H groups in total. The third kappa shape index (κ3) is 4.78. The minimum absolute atomic E-state index is 0.00978. The third-order valence-corrected chi connectivity index (χ3v) is 5.66. The van der Waals surface area contributed by atoms with Crippen LogP contribution < -0.4 is 15.8 Å². The number of ether oxygens (including phenoxy) is 1. The Morgan fingerprint density at radius 1 is 1.23 bits per heavy atom. The Kier molecular flexibility index (Phi) is 6.92. The van der Waals surface area contributed by atoms with Crippen molar-refractivity contribution in [2.75, 3.05) is 6.61 Å². The van der Waals surface area contributed by atoms with Crippen LogP contribution in [0.3, 0.4) is 0 Å². The molecular weight excluding hydrogens is 453 g/mol. The van der Waals surface area contributed by atoms with Crippen LogP contribution in [0.15, 0.2) is 41.2 Å². The number of nitrogens with zero attached hydrogens (tertiary/aromatic N) is 3. The first kappa shape index (κ1) is 24.1. The summed E-state index contributed by atoms with van der Waals surface area (Å²) >= 11 is 0. The minimum atomic E-state index is -0.790. The molecule has 4 rings (SSSR count). The van der Waals surface area contributed by atoms with Gasteiger partial charge in [0.1, 0.15) is 22.9 Å². The zero-order valence-corrected chi connectivity index (χ0v) is 19.7. The molecule has 1 amide bonds. The number of carbonyl (C=O) groups excluding carboxylic acids is 1. The quantitative estimate of drug-likeness (QED) is 0.263. The van der Waals surface area contributed by atoms with Gasteiger partial charge in [0, 0.05) is 19.0 Å². The molecule has 0 bridgehead atoms. The minimum Gasteiger partial charge on any atom is -0.493 e. The van der Waals surface area contributed by atoms with Crippen LogP contribution in [0.5, 0.6) is 5.75 Å². The number of fused-ring (bicyclic) bond motifs is 1. The van der Waals surface area contributed by atoms with Gasteiger partial charge >= 0.3 is 0 Å². The summed E-state index contributed by atoms with van der Waals surface area (Å²) in [5.41, 5.74) is 4.59. The van der Waals surface area contributed by atoms with E-state index in [2.05, 4.69) is 10.1 Å². The zero-order chi connectivity index (χ0) is 25.1. The third-order valence-electron chi connectivity index (χ3n) is 5.66. The molecule has 2 aromatic carbocycles. The molecule has 10 heteroatoms. The lowest BCUT2D eigenvalue weighted by Crippen LogP contribution is -2.18. The Morgan fingerprint density at radius 2 is 2.03 bits per heavy atom. The van der Waals surface area contributed by atoms with Gasteiger partial charge in [0.05, 0.1) is 17.9 Å². The molecule has 0 fully saturated rings. The van der Waals surface area contributed by atoms with Crippen LogP contribution in [-0.4, -0.2) is 37.5 Å². The van der Waals surface area contributed by atoms with Gasteiger partial charge in [-0.25, -0.2) is 14.9 Å². The van der Waals surface area contributed by atoms with Gasteiger partial charge in [0.15, 0.2) is 5.52 Å². The van der Waals surface area contributed by atoms with E-state index in [9.17, 15) is 14.0 Å². The summed E-state index contributed by atoms with van der Waals surface area (Å²) in [4.78, 5) is 32.0. The summed E-state index contributed by atoms with van der Waals surface area (Å²) in [7, 11) is 1.72. The second-order valence-corrected chi connectivity index (χ2v) is 8.12. The lowest BCUT2D eigenvalue weighted by atomic mass is 10.00. The smallest absolute Gasteiger partial charge is 0.277 e. The second kappa shape index (κ2) is 10.1. The van der Waals surface area contributed by atoms with Crippen LogP contribution in [0.1, 0.15) is 47.4 Å². The van der Waals surface area contributed by atoms with Gasteiger partial charge in [0.2, 0.25) is 0 Å². The second-order valence-electron chi connectivity index (χ2n) is 8.12. The number of carbonyl (C=O) groups is 1. The van der Waals surface area contributed by atoms with E-state index in [1.807, 2.05) is 19.9 Å². The van der Waals surface area contributed by atoms with Crippen LogP contribution in [0.4, 0.5) is 4.39 Å². The zero-order valence-electron chi connectivity index (χ0n) is 19.7. The monoisotopic (exact) mass is 479 g/mol. The van der Waals surface area contributed by atoms with Crippen molar-refractivity contribution in [1.29, 1.82) is 0 Å². The van der Waals surface area contributed by atoms with Crippen molar-refractivity contribution in [2.24, 2.45) is 7.05 Å². The molecule has 0 atom stereocenters. The van der Waals surface area contributed by atoms with Gasteiger partial charge in [-0.1, -0.05) is 25.5 Å². The number of hydrogen-bond donors (Lipinski definition) is 3. The molecule has 2 heterocycles. The molecular formula is C25H26FN5O4. The fourth-order valence-corrected chi connectivity index (χ4v) is 4.05. The van der Waals surface area contributed by atoms with Crippen molar-refractivity contribution >= 4 is 16.9 Å². The van der Waals surface area contributed by atoms with Crippen LogP contribution in [0, 0.1) is 5.82 Å². The van der Waals surface area contributed by atoms with Crippen LogP contribution in [0.2, 0.25) is 0 Å². The van der Waals surface area contributed by atoms with Gasteiger partial charge < -0.3 is 9.72 Å². The van der Waals surface area contributed by atoms with E-state index >= 15 is 0 Å². The molecule has 0 saturated carbocycles. The van der Waals surface area contributed by atoms with E-state index in [0.717, 1.165) is 23.7 Å². The molecule has 0 aliphatic carbocycles. The molecule has 182 valence electrons. The molecule has 4 aromatic rings. The highest BCUT2D eigenvalue weighted by molar-refractivity contribution is 5.93. The molecule has 0 radical (unpaired) electrons. The summed E-state index contributed by atoms with van der Waals surface area (Å²) in [6.07, 6.45) is 1.78. The van der Waals surface area contributed by atoms with Gasteiger partial charge in [-0.3, -0.25) is 19.5 Å². The summed E-state index contributed by atoms with van der Waals surface area (Å²) in [6.45, 7) is 4.31. The summed E-state index contributed by atoms with van der Waals surface area (Å²) < 4.78 is 22.0. The molecule has 0 saturated heterocycles. The Balaban J connectivity index is 1.78. The van der Waals surface area contributed by atoms with Gasteiger partial charge in [0.25, 0.3) is 11.5 Å². The normalized spacial score (nSPS) is 11.1. The molecule has 0 spiro atoms. The fraction of sp³-hybridized carbons (Fsp3) is 0.280. The number of rotatable bonds is 8. The standard InChI is InChI=1S/C25H26FN5O4/c1-4-6-19-21-22(31(3)29-19)25(33)28-23(27-21)17-12-14(7-10-20(17)35-5-2)11-15-8-9-16(13-18(15)26)24(32)30-34/h7-10,12-13,34H,4-6,11H2,1-3H3,(H,30,32)(H,27,28,33). The maximum absolute atomic E-state index is 14.6. The number of halogens is 1. The van der Waals surface area contributed by atoms with E-state index < -0.39 is 11.7 Å². The molecule has 35 heavy (non-hydrogen) atoms. The van der Waals surface area contributed by atoms with Crippen LogP contribution in [0.25, 0.3) is 22.4 Å². The lowest BCUT2D eigenvalue weighted by Gasteiger charge is -2.13. The van der Waals surface area contributed by atoms with E-state index in [1.54, 1.807) is 23.9 Å². The van der Waals surface area contributed by atoms with E-state index in [1.165, 1.54) is 17.6 Å². The van der Waals surface area contributed by atoms with Crippen molar-refractivity contribution in [2.45, 2.75) is 33.1 Å². The Hall–Kier alpha value is -4.05. The van der Waals surface area contributed by atoms with Gasteiger partial charge in [-0.2, -0.15) is 5.10 Å². The number of hydrogen-bond acceptors (Lipinski definition) is 6. The maximum Gasteiger partial charge on any atom is 0.277 e. The number of aromatic amines is 1. The SMILES string of the molecule is CCCc1nn(C)c2c(=O)[nH]c(-c3cc(Cc4ccc(C(=O)NO)cc4F)ccc3OCC)nc12. The average Bonchev–Trinajstić information content (AvgIpc) is 3.16. The number of H-pyrrole nitrogens is 1. The first-order valence-electron chi connectivity index (χ1n) is 11.3. The molecule has 9 nitrogen and oxygen atoms in total. The average molecular weight is 480 g/mol. The van der Waals surface area contributed by atoms with Crippen molar-refractivity contribution in [3.05, 3.63) is 75.0 Å². The van der Waals surface area contributed by atoms with Gasteiger partial charge in [-0.05, 0) is 48.7 Å². The molecule has 0 aliphatic heterocycles. The number of aromatic nitrogens is 4. The number of aryl methyl sites for hydroxylation is 2. The van der Waals surface area contributed by atoms with Crippen molar-refractivity contribution in [1.82, 2.24) is 25.2 Å². The first-order valence-corrected chi connectivity index (χ1v) is 11.3. The predicted octanol–water partition coefficient (Wildman–Crippen LogP) is 3.52. The number of benzene rings is 2. The van der Waals surface area contributed by atoms with E-state index in [0.29, 0.717) is 46.8 Å². The van der Waals surface area contributed by atoms with Gasteiger partial charge in [-0.15, -0.1) is 0 Å². The first-order chi connectivity index (χ1) is 16.9. The number of amides is 1. The summed E-state index contributed by atoms with van der Waals surface area (Å²) in [5, 5.41) is 13.2. The molecule has 0 aliphatic rings. The molecule has 2 aromatic heterocycles. The highest BCUT2D eigenvalue weighted by atomic mass is 19.1. The Bertz CT molecular complexity index is 1460. The van der Waals surface area contributed by atoms with E-state index in [-0.39, 0.29) is 17.5 Å². The van der Waals surface area contributed by atoms with Crippen molar-refractivity contribution in [3.8, 4) is 17.1 Å². The lowest BCUT2D eigenvalue weighted by molar-refractivity contribution is 0.0706. The molecule has 0 unspecified atom stereocenters. The highest BCUT2D eigenvalue weighted by Crippen LogP contribution is 2.31. The number of hydroxylamine groups is 1. The maximum atomic E-state index is 14.6. The van der Waals surface area contributed by atoms with Crippen molar-refractivity contribution < 1.29 is 19.1 Å². The summed E-state index contributed by atoms with van der Waals surface area (Å²) in [6, 6.07) is 9.38. The predicted molar refractivity (Wildman–Crippen MR) is 128 cm³/mol. The largest absolute Gasteiger partial charge is 0.493 e. The fourth-order valence-electron chi connectivity index (χ4n) is 4.05. The Morgan fingerprint density at radius 3 is 2.71 bits per heavy atom. The summed E-state index contributed by atoms with van der Waals surface area (Å²) in [5.74, 6) is -0.486. The van der Waals surface area contributed by atoms with Crippen molar-refractivity contribution in [3.63, 3.8) is 0 Å². The highest BCUT2D eigenvalue weighted by Gasteiger charge is 2.18. The Labute approximate surface area is 200 Å². The van der Waals surface area contributed by atoms with Crippen LogP contribution >= 0.6 is 0 Å². The van der Waals surface area contributed by atoms with E-state index in [4.69, 9.17) is 14.9 Å². The number of nitrogens with one attached hydrogen (secondary N) is 2. The topological polar surface area (TPSA) is 122 Å².